The first kappa shape index (κ1) is 19.7. The highest BCUT2D eigenvalue weighted by atomic mass is 16.5. The quantitative estimate of drug-likeness (QED) is 0.630. The van der Waals surface area contributed by atoms with Crippen LogP contribution in [0, 0.1) is 17.2 Å². The van der Waals surface area contributed by atoms with Crippen molar-refractivity contribution in [2.45, 2.75) is 25.3 Å². The lowest BCUT2D eigenvalue weighted by Crippen LogP contribution is -2.36. The third kappa shape index (κ3) is 3.90. The normalized spacial score (nSPS) is 18.3. The van der Waals surface area contributed by atoms with Gasteiger partial charge in [-0.25, -0.2) is 4.79 Å². The van der Waals surface area contributed by atoms with Gasteiger partial charge in [-0.15, -0.1) is 0 Å². The standard InChI is InChI=1S/C25H22N2O3/c1-2-30-25(29)23(20-9-5-7-17-6-3-4-8-19(17)20)27-24(28)22-14-21(22)18-12-10-16(15-26)11-13-18/h3-13,21-23H,2,14H2,1H3,(H,27,28). The fraction of sp³-hybridized carbons (Fsp3) is 0.240. The van der Waals surface area contributed by atoms with Gasteiger partial charge in [0.25, 0.3) is 0 Å². The molecule has 0 spiro atoms. The Hall–Kier alpha value is -3.65. The van der Waals surface area contributed by atoms with E-state index in [4.69, 9.17) is 10.00 Å². The molecule has 4 rings (SSSR count). The Morgan fingerprint density at radius 3 is 2.57 bits per heavy atom. The molecule has 3 atom stereocenters. The third-order valence-electron chi connectivity index (χ3n) is 5.54. The fourth-order valence-corrected chi connectivity index (χ4v) is 3.90. The molecule has 3 aromatic carbocycles. The van der Waals surface area contributed by atoms with Gasteiger partial charge in [0.2, 0.25) is 5.91 Å². The van der Waals surface area contributed by atoms with Crippen LogP contribution in [0.3, 0.4) is 0 Å². The van der Waals surface area contributed by atoms with E-state index < -0.39 is 12.0 Å². The first-order chi connectivity index (χ1) is 14.6. The van der Waals surface area contributed by atoms with Crippen LogP contribution < -0.4 is 5.32 Å². The monoisotopic (exact) mass is 398 g/mol. The van der Waals surface area contributed by atoms with Crippen molar-refractivity contribution < 1.29 is 14.3 Å². The summed E-state index contributed by atoms with van der Waals surface area (Å²) < 4.78 is 5.26. The molecule has 0 bridgehead atoms. The lowest BCUT2D eigenvalue weighted by Gasteiger charge is -2.19. The lowest BCUT2D eigenvalue weighted by atomic mass is 9.98. The molecule has 150 valence electrons. The summed E-state index contributed by atoms with van der Waals surface area (Å²) in [7, 11) is 0. The summed E-state index contributed by atoms with van der Waals surface area (Å²) in [6.07, 6.45) is 0.725. The molecular formula is C25H22N2O3. The number of benzene rings is 3. The maximum atomic E-state index is 13.0. The van der Waals surface area contributed by atoms with Crippen molar-refractivity contribution in [3.05, 3.63) is 83.4 Å². The van der Waals surface area contributed by atoms with E-state index in [0.29, 0.717) is 5.56 Å². The van der Waals surface area contributed by atoms with E-state index in [9.17, 15) is 9.59 Å². The topological polar surface area (TPSA) is 79.2 Å². The molecule has 0 aromatic heterocycles. The van der Waals surface area contributed by atoms with Crippen molar-refractivity contribution in [1.82, 2.24) is 5.32 Å². The molecule has 1 fully saturated rings. The van der Waals surface area contributed by atoms with E-state index in [2.05, 4.69) is 11.4 Å². The van der Waals surface area contributed by atoms with Crippen molar-refractivity contribution in [2.75, 3.05) is 6.61 Å². The summed E-state index contributed by atoms with van der Waals surface area (Å²) in [5.41, 5.74) is 2.36. The van der Waals surface area contributed by atoms with E-state index in [0.717, 1.165) is 28.3 Å². The van der Waals surface area contributed by atoms with Crippen LogP contribution in [-0.2, 0) is 14.3 Å². The number of nitrogens with one attached hydrogen (secondary N) is 1. The summed E-state index contributed by atoms with van der Waals surface area (Å²) in [6, 6.07) is 22.0. The number of carbonyl (C=O) groups excluding carboxylic acids is 2. The van der Waals surface area contributed by atoms with Gasteiger partial charge in [0.05, 0.1) is 18.2 Å². The van der Waals surface area contributed by atoms with Gasteiger partial charge in [-0.3, -0.25) is 4.79 Å². The van der Waals surface area contributed by atoms with Crippen LogP contribution in [0.15, 0.2) is 66.7 Å². The maximum Gasteiger partial charge on any atom is 0.333 e. The summed E-state index contributed by atoms with van der Waals surface area (Å²) in [4.78, 5) is 25.7. The number of hydrogen-bond donors (Lipinski definition) is 1. The Bertz CT molecular complexity index is 1130. The van der Waals surface area contributed by atoms with Crippen LogP contribution in [-0.4, -0.2) is 18.5 Å². The molecule has 3 unspecified atom stereocenters. The van der Waals surface area contributed by atoms with Crippen LogP contribution in [0.2, 0.25) is 0 Å². The largest absolute Gasteiger partial charge is 0.464 e. The molecular weight excluding hydrogens is 376 g/mol. The number of nitriles is 1. The van der Waals surface area contributed by atoms with Crippen LogP contribution in [0.5, 0.6) is 0 Å². The average Bonchev–Trinajstić information content (AvgIpc) is 3.58. The van der Waals surface area contributed by atoms with Crippen molar-refractivity contribution >= 4 is 22.6 Å². The Morgan fingerprint density at radius 2 is 1.83 bits per heavy atom. The number of amides is 1. The Kier molecular flexibility index (Phi) is 5.49. The van der Waals surface area contributed by atoms with Crippen molar-refractivity contribution in [3.63, 3.8) is 0 Å². The molecule has 1 N–H and O–H groups in total. The van der Waals surface area contributed by atoms with Gasteiger partial charge < -0.3 is 10.1 Å². The average molecular weight is 398 g/mol. The minimum atomic E-state index is -0.856. The van der Waals surface area contributed by atoms with E-state index in [1.54, 1.807) is 19.1 Å². The van der Waals surface area contributed by atoms with E-state index in [1.165, 1.54) is 0 Å². The zero-order valence-corrected chi connectivity index (χ0v) is 16.7. The molecule has 5 nitrogen and oxygen atoms in total. The van der Waals surface area contributed by atoms with Crippen LogP contribution in [0.25, 0.3) is 10.8 Å². The first-order valence-corrected chi connectivity index (χ1v) is 10.1. The molecule has 1 saturated carbocycles. The third-order valence-corrected chi connectivity index (χ3v) is 5.54. The summed E-state index contributed by atoms with van der Waals surface area (Å²) in [6.45, 7) is 2.00. The van der Waals surface area contributed by atoms with E-state index in [-0.39, 0.29) is 24.3 Å². The van der Waals surface area contributed by atoms with Gasteiger partial charge in [0.1, 0.15) is 0 Å². The van der Waals surface area contributed by atoms with E-state index in [1.807, 2.05) is 54.6 Å². The predicted molar refractivity (Wildman–Crippen MR) is 113 cm³/mol. The molecule has 5 heteroatoms. The Balaban J connectivity index is 1.56. The van der Waals surface area contributed by atoms with Crippen LogP contribution in [0.4, 0.5) is 0 Å². The molecule has 30 heavy (non-hydrogen) atoms. The van der Waals surface area contributed by atoms with Crippen LogP contribution >= 0.6 is 0 Å². The zero-order chi connectivity index (χ0) is 21.1. The summed E-state index contributed by atoms with van der Waals surface area (Å²) in [5.74, 6) is -0.703. The van der Waals surface area contributed by atoms with Crippen molar-refractivity contribution in [1.29, 1.82) is 5.26 Å². The number of ether oxygens (including phenoxy) is 1. The zero-order valence-electron chi connectivity index (χ0n) is 16.7. The predicted octanol–water partition coefficient (Wildman–Crippen LogP) is 4.24. The highest BCUT2D eigenvalue weighted by molar-refractivity contribution is 5.94. The lowest BCUT2D eigenvalue weighted by molar-refractivity contribution is -0.147. The second kappa shape index (κ2) is 8.38. The summed E-state index contributed by atoms with van der Waals surface area (Å²) in [5, 5.41) is 13.8. The van der Waals surface area contributed by atoms with Crippen molar-refractivity contribution in [2.24, 2.45) is 5.92 Å². The Labute approximate surface area is 175 Å². The van der Waals surface area contributed by atoms with Gasteiger partial charge in [-0.2, -0.15) is 5.26 Å². The molecule has 0 aliphatic heterocycles. The van der Waals surface area contributed by atoms with Gasteiger partial charge in [-0.1, -0.05) is 54.6 Å². The number of esters is 1. The molecule has 1 amide bonds. The minimum Gasteiger partial charge on any atom is -0.464 e. The number of hydrogen-bond acceptors (Lipinski definition) is 4. The molecule has 1 aliphatic rings. The van der Waals surface area contributed by atoms with E-state index >= 15 is 0 Å². The van der Waals surface area contributed by atoms with Gasteiger partial charge >= 0.3 is 5.97 Å². The first-order valence-electron chi connectivity index (χ1n) is 10.1. The highest BCUT2D eigenvalue weighted by Crippen LogP contribution is 2.48. The van der Waals surface area contributed by atoms with Gasteiger partial charge in [-0.05, 0) is 53.3 Å². The number of rotatable bonds is 6. The second-order valence-corrected chi connectivity index (χ2v) is 7.44. The van der Waals surface area contributed by atoms with Gasteiger partial charge in [0, 0.05) is 5.92 Å². The molecule has 0 radical (unpaired) electrons. The Morgan fingerprint density at radius 1 is 1.10 bits per heavy atom. The molecule has 3 aromatic rings. The number of fused-ring (bicyclic) bond motifs is 1. The number of carbonyl (C=O) groups is 2. The van der Waals surface area contributed by atoms with Crippen molar-refractivity contribution in [3.8, 4) is 6.07 Å². The SMILES string of the molecule is CCOC(=O)C(NC(=O)C1CC1c1ccc(C#N)cc1)c1cccc2ccccc12. The molecule has 1 aliphatic carbocycles. The second-order valence-electron chi connectivity index (χ2n) is 7.44. The summed E-state index contributed by atoms with van der Waals surface area (Å²) >= 11 is 0. The maximum absolute atomic E-state index is 13.0. The number of nitrogens with zero attached hydrogens (tertiary/aromatic N) is 1. The molecule has 0 saturated heterocycles. The minimum absolute atomic E-state index is 0.105. The van der Waals surface area contributed by atoms with Crippen LogP contribution in [0.1, 0.15) is 42.0 Å². The van der Waals surface area contributed by atoms with Gasteiger partial charge in [0.15, 0.2) is 6.04 Å². The molecule has 0 heterocycles. The fourth-order valence-electron chi connectivity index (χ4n) is 3.90. The smallest absolute Gasteiger partial charge is 0.333 e. The highest BCUT2D eigenvalue weighted by Gasteiger charge is 2.45.